The van der Waals surface area contributed by atoms with Gasteiger partial charge in [-0.25, -0.2) is 32.6 Å². The average Bonchev–Trinajstić information content (AvgIpc) is 0.772. The largest absolute Gasteiger partial charge is 0.469 e. The maximum absolute atomic E-state index is 14.4. The maximum Gasteiger partial charge on any atom is 0.468 e. The van der Waals surface area contributed by atoms with Crippen LogP contribution in [0.2, 0.25) is 0 Å². The van der Waals surface area contributed by atoms with Crippen LogP contribution >= 0.6 is 15.8 Å². The van der Waals surface area contributed by atoms with Crippen LogP contribution in [0.25, 0.3) is 0 Å². The monoisotopic (exact) mass is 1590 g/mol. The highest BCUT2D eigenvalue weighted by atomic mass is 31.1. The van der Waals surface area contributed by atoms with Gasteiger partial charge in [0.1, 0.15) is 18.3 Å². The van der Waals surface area contributed by atoms with Crippen LogP contribution < -0.4 is 0 Å². The van der Waals surface area contributed by atoms with Gasteiger partial charge in [-0.2, -0.15) is 0 Å². The summed E-state index contributed by atoms with van der Waals surface area (Å²) in [7, 11) is -5.17. The van der Waals surface area contributed by atoms with E-state index < -0.39 is 174 Å². The number of rotatable bonds is 34. The molecule has 0 bridgehead atoms. The van der Waals surface area contributed by atoms with E-state index in [1.165, 1.54) is 7.11 Å². The maximum atomic E-state index is 14.4. The number of esters is 4. The van der Waals surface area contributed by atoms with Gasteiger partial charge in [0.2, 0.25) is 0 Å². The molecule has 0 spiro atoms. The minimum atomic E-state index is -3.25. The molecule has 0 N–H and O–H groups in total. The molecule has 27 nitrogen and oxygen atoms in total. The van der Waals surface area contributed by atoms with Gasteiger partial charge >= 0.3 is 39.7 Å². The molecule has 0 aliphatic carbocycles. The molecule has 10 rings (SSSR count). The molecule has 6 fully saturated rings. The van der Waals surface area contributed by atoms with Crippen molar-refractivity contribution in [2.45, 2.75) is 239 Å². The van der Waals surface area contributed by atoms with E-state index in [2.05, 4.69) is 13.8 Å². The molecule has 0 radical (unpaired) electrons. The van der Waals surface area contributed by atoms with Gasteiger partial charge in [-0.3, -0.25) is 13.8 Å². The van der Waals surface area contributed by atoms with E-state index in [0.29, 0.717) is 29.5 Å². The zero-order valence-electron chi connectivity index (χ0n) is 65.9. The summed E-state index contributed by atoms with van der Waals surface area (Å²) in [4.78, 5) is 54.9. The van der Waals surface area contributed by atoms with Crippen molar-refractivity contribution in [2.75, 3.05) is 40.1 Å². The average molecular weight is 1590 g/mol. The lowest BCUT2D eigenvalue weighted by Crippen LogP contribution is -2.62. The highest BCUT2D eigenvalue weighted by molar-refractivity contribution is 7.24. The third-order valence-electron chi connectivity index (χ3n) is 23.9. The zero-order chi connectivity index (χ0) is 79.7. The van der Waals surface area contributed by atoms with E-state index in [-0.39, 0.29) is 100 Å². The third-order valence-corrected chi connectivity index (χ3v) is 24.6. The number of carbonyl (C=O) groups is 4. The van der Waals surface area contributed by atoms with Crippen LogP contribution in [0, 0.1) is 65.1 Å². The lowest BCUT2D eigenvalue weighted by atomic mass is 9.81. The topological polar surface area (TPSA) is 312 Å². The number of hydrogen-bond donors (Lipinski definition) is 0. The first kappa shape index (κ1) is 87.3. The molecule has 612 valence electrons. The third kappa shape index (κ3) is 22.3. The Kier molecular flexibility index (Phi) is 32.7. The lowest BCUT2D eigenvalue weighted by Gasteiger charge is -2.51. The van der Waals surface area contributed by atoms with Crippen molar-refractivity contribution < 1.29 is 127 Å². The van der Waals surface area contributed by atoms with Gasteiger partial charge in [0, 0.05) is 30.1 Å². The van der Waals surface area contributed by atoms with Crippen molar-refractivity contribution in [3.63, 3.8) is 0 Å². The van der Waals surface area contributed by atoms with E-state index in [1.54, 1.807) is 91.0 Å². The van der Waals surface area contributed by atoms with Crippen LogP contribution in [-0.2, 0) is 119 Å². The summed E-state index contributed by atoms with van der Waals surface area (Å²) in [6, 6.07) is 35.2. The molecule has 6 saturated heterocycles. The molecule has 4 aromatic carbocycles. The minimum absolute atomic E-state index is 0.00539. The Labute approximate surface area is 652 Å². The number of methoxy groups -OCH3 is 1. The second kappa shape index (κ2) is 41.5. The lowest BCUT2D eigenvalue weighted by molar-refractivity contribution is -0.377. The van der Waals surface area contributed by atoms with Gasteiger partial charge in [-0.15, -0.1) is 0 Å². The Morgan fingerprint density at radius 1 is 0.342 bits per heavy atom. The molecule has 0 amide bonds. The quantitative estimate of drug-likeness (QED) is 0.0181. The molecule has 0 saturated carbocycles. The van der Waals surface area contributed by atoms with E-state index in [0.717, 1.165) is 5.56 Å². The summed E-state index contributed by atoms with van der Waals surface area (Å²) >= 11 is 0. The summed E-state index contributed by atoms with van der Waals surface area (Å²) in [5.74, 6) is -6.26. The van der Waals surface area contributed by atoms with Crippen molar-refractivity contribution in [1.82, 2.24) is 0 Å². The number of benzene rings is 4. The second-order valence-corrected chi connectivity index (χ2v) is 32.0. The fourth-order valence-electron chi connectivity index (χ4n) is 15.7. The Bertz CT molecular complexity index is 3690. The zero-order valence-corrected chi connectivity index (χ0v) is 67.6. The molecule has 30 atom stereocenters. The predicted octanol–water partition coefficient (Wildman–Crippen LogP) is 13.8. The fraction of sp³-hybridized carbons (Fsp3) is 0.659. The summed E-state index contributed by atoms with van der Waals surface area (Å²) in [5.41, 5.74) is 1.74. The second-order valence-electron chi connectivity index (χ2n) is 30.6. The smallest absolute Gasteiger partial charge is 0.468 e. The Balaban J connectivity index is 0.969. The SMILES string of the molecule is CCC1O[C@H](O[C@@H]2C(OCc3ccccc3)[C@H](OCCCC(=O)OC)OC(CO[C@H]3OC(CO[C@H]4OC(CC)[C@@H](C)[C@H](C)C4O[C@H]4OC(COP(=O)=O)[C@@H](C)[C@H](C)C4OC(=O)c4ccccc4)[C@@H](C)[C@H](C)C3OC(=O)c3ccccc3)[C@H]2C)C(O[C@H]2OC(COP(=O)=O)[C@@H](C)[C@H](C)C2OC(=O)c2ccccc2)[C@@H](C)[C@@H]1C. The molecule has 111 heavy (non-hydrogen) atoms. The molecule has 6 heterocycles. The Morgan fingerprint density at radius 2 is 0.658 bits per heavy atom. The first-order valence-electron chi connectivity index (χ1n) is 39.1. The van der Waals surface area contributed by atoms with Crippen LogP contribution in [0.3, 0.4) is 0 Å². The van der Waals surface area contributed by atoms with Gasteiger partial charge < -0.3 is 80.5 Å². The molecule has 6 aliphatic heterocycles. The molecule has 29 heteroatoms. The molecule has 6 aliphatic rings. The van der Waals surface area contributed by atoms with Crippen LogP contribution in [0.1, 0.15) is 152 Å². The van der Waals surface area contributed by atoms with E-state index >= 15 is 0 Å². The van der Waals surface area contributed by atoms with Crippen molar-refractivity contribution >= 4 is 39.7 Å². The minimum Gasteiger partial charge on any atom is -0.469 e. The summed E-state index contributed by atoms with van der Waals surface area (Å²) in [6.07, 6.45) is -16.7. The Morgan fingerprint density at radius 3 is 1.07 bits per heavy atom. The van der Waals surface area contributed by atoms with Gasteiger partial charge in [-0.05, 0) is 103 Å². The molecule has 0 aromatic heterocycles. The van der Waals surface area contributed by atoms with Gasteiger partial charge in [0.05, 0.1) is 106 Å². The number of carbonyl (C=O) groups excluding carboxylic acids is 4. The van der Waals surface area contributed by atoms with E-state index in [1.807, 2.05) is 106 Å². The van der Waals surface area contributed by atoms with Crippen LogP contribution in [0.15, 0.2) is 121 Å². The highest BCUT2D eigenvalue weighted by Gasteiger charge is 2.56. The fourth-order valence-corrected chi connectivity index (χ4v) is 16.2. The van der Waals surface area contributed by atoms with Crippen LogP contribution in [-0.4, -0.2) is 181 Å². The molecular formula is C82H112O27P2. The van der Waals surface area contributed by atoms with E-state index in [9.17, 15) is 37.4 Å². The number of ether oxygens (including phenoxy) is 17. The van der Waals surface area contributed by atoms with Gasteiger partial charge in [0.15, 0.2) is 56.1 Å². The summed E-state index contributed by atoms with van der Waals surface area (Å²) < 4.78 is 173. The first-order valence-corrected chi connectivity index (χ1v) is 41.3. The predicted molar refractivity (Wildman–Crippen MR) is 398 cm³/mol. The molecule has 4 aromatic rings. The highest BCUT2D eigenvalue weighted by Crippen LogP contribution is 2.45. The standard InChI is InChI=1S/C82H112O27P2/c1-15-60-45(3)50(8)69(108-80-70(105-75(85)58-34-25-19-26-35-58)53(11)48(6)64(102-80)43-96-110(87)88)78(98-60)94-41-62-47(5)52(10)68(104-74(84)57-32-23-18-24-33-57)77(100-62)95-42-63-55(13)67(73(93-40-56-30-21-17-22-31-56)79(101-63)92-39-29-38-66(83)91-14)107-82-72(51(9)46(4)61(16-2)99-82)109-81-71(106-76(86)59-36-27-20-28-37-59)54(12)49(7)65(103-81)44-97-111(89)90/h17-28,30-37,45-55,60-65,67-73,77-82H,15-16,29,38-44H2,1-14H3/t45-,46-,47-,48-,49-,50-,51-,52-,53-,54-,55+,60?,61?,62?,63?,64?,65?,67-,68?,69?,70?,71?,72?,73?,77-,78-,79+,80+,81+,82+/m0/s1. The van der Waals surface area contributed by atoms with Crippen molar-refractivity contribution in [2.24, 2.45) is 65.1 Å². The first-order chi connectivity index (χ1) is 53.3. The molecule has 12 unspecified atom stereocenters. The van der Waals surface area contributed by atoms with Crippen LogP contribution in [0.5, 0.6) is 0 Å². The summed E-state index contributed by atoms with van der Waals surface area (Å²) in [5, 5.41) is 0. The summed E-state index contributed by atoms with van der Waals surface area (Å²) in [6.45, 7) is 24.7. The van der Waals surface area contributed by atoms with E-state index in [4.69, 9.17) is 89.6 Å². The Hall–Kier alpha value is -6.04. The normalized spacial score (nSPS) is 36.4. The van der Waals surface area contributed by atoms with Gasteiger partial charge in [0.25, 0.3) is 0 Å². The molecular weight excluding hydrogens is 1480 g/mol. The van der Waals surface area contributed by atoms with Crippen molar-refractivity contribution in [1.29, 1.82) is 0 Å². The van der Waals surface area contributed by atoms with Crippen molar-refractivity contribution in [3.8, 4) is 0 Å². The van der Waals surface area contributed by atoms with Crippen LogP contribution in [0.4, 0.5) is 0 Å². The van der Waals surface area contributed by atoms with Crippen molar-refractivity contribution in [3.05, 3.63) is 144 Å². The van der Waals surface area contributed by atoms with Gasteiger partial charge in [-0.1, -0.05) is 175 Å². The number of hydrogen-bond acceptors (Lipinski definition) is 27.